The highest BCUT2D eigenvalue weighted by atomic mass is 35.5. The van der Waals surface area contributed by atoms with E-state index < -0.39 is 0 Å². The molecule has 5 nitrogen and oxygen atoms in total. The Morgan fingerprint density at radius 1 is 1.26 bits per heavy atom. The summed E-state index contributed by atoms with van der Waals surface area (Å²) in [7, 11) is 0. The first kappa shape index (κ1) is 16.4. The summed E-state index contributed by atoms with van der Waals surface area (Å²) in [5.74, 6) is 0. The van der Waals surface area contributed by atoms with Crippen LogP contribution in [0, 0.1) is 0 Å². The number of nitrogens with one attached hydrogen (secondary N) is 2. The Bertz CT molecular complexity index is 672. The van der Waals surface area contributed by atoms with E-state index in [-0.39, 0.29) is 12.1 Å². The lowest BCUT2D eigenvalue weighted by Gasteiger charge is -2.32. The molecule has 1 aliphatic rings. The summed E-state index contributed by atoms with van der Waals surface area (Å²) in [6, 6.07) is 4.95. The molecule has 1 aliphatic heterocycles. The Labute approximate surface area is 148 Å². The average Bonchev–Trinajstić information content (AvgIpc) is 3.06. The Morgan fingerprint density at radius 2 is 2.04 bits per heavy atom. The Balaban J connectivity index is 1.48. The lowest BCUT2D eigenvalue weighted by Crippen LogP contribution is -2.46. The number of halogens is 2. The van der Waals surface area contributed by atoms with E-state index in [1.54, 1.807) is 29.5 Å². The van der Waals surface area contributed by atoms with Gasteiger partial charge in [0.1, 0.15) is 0 Å². The summed E-state index contributed by atoms with van der Waals surface area (Å²) in [6.07, 6.45) is 3.61. The zero-order valence-corrected chi connectivity index (χ0v) is 14.6. The quantitative estimate of drug-likeness (QED) is 0.849. The fraction of sp³-hybridized carbons (Fsp3) is 0.333. The standard InChI is InChI=1S/C15H16Cl2N4OS/c16-12-2-1-11(9-13(12)17)20-14(22)19-10-3-6-21(7-4-10)15-18-5-8-23-15/h1-2,5,8-10H,3-4,6-7H2,(H2,19,20,22). The molecule has 2 N–H and O–H groups in total. The monoisotopic (exact) mass is 370 g/mol. The van der Waals surface area contributed by atoms with Crippen LogP contribution in [0.1, 0.15) is 12.8 Å². The fourth-order valence-electron chi connectivity index (χ4n) is 2.51. The molecule has 2 heterocycles. The van der Waals surface area contributed by atoms with Crippen LogP contribution < -0.4 is 15.5 Å². The van der Waals surface area contributed by atoms with E-state index in [0.29, 0.717) is 15.7 Å². The smallest absolute Gasteiger partial charge is 0.319 e. The molecule has 0 bridgehead atoms. The number of aromatic nitrogens is 1. The van der Waals surface area contributed by atoms with E-state index >= 15 is 0 Å². The summed E-state index contributed by atoms with van der Waals surface area (Å²) < 4.78 is 0. The van der Waals surface area contributed by atoms with Crippen molar-refractivity contribution in [1.29, 1.82) is 0 Å². The minimum absolute atomic E-state index is 0.161. The van der Waals surface area contributed by atoms with E-state index in [2.05, 4.69) is 20.5 Å². The Morgan fingerprint density at radius 3 is 2.70 bits per heavy atom. The van der Waals surface area contributed by atoms with Crippen LogP contribution >= 0.6 is 34.5 Å². The third-order valence-corrected chi connectivity index (χ3v) is 5.27. The lowest BCUT2D eigenvalue weighted by atomic mass is 10.1. The van der Waals surface area contributed by atoms with Gasteiger partial charge in [0.2, 0.25) is 0 Å². The molecule has 1 aromatic carbocycles. The first-order valence-corrected chi connectivity index (χ1v) is 8.92. The number of carbonyl (C=O) groups is 1. The zero-order chi connectivity index (χ0) is 16.2. The van der Waals surface area contributed by atoms with Gasteiger partial charge in [-0.1, -0.05) is 23.2 Å². The first-order chi connectivity index (χ1) is 11.1. The predicted molar refractivity (Wildman–Crippen MR) is 96.0 cm³/mol. The highest BCUT2D eigenvalue weighted by molar-refractivity contribution is 7.13. The number of nitrogens with zero attached hydrogens (tertiary/aromatic N) is 2. The van der Waals surface area contributed by atoms with Crippen molar-refractivity contribution in [2.75, 3.05) is 23.3 Å². The molecule has 1 fully saturated rings. The maximum atomic E-state index is 12.1. The second-order valence-electron chi connectivity index (χ2n) is 5.30. The molecule has 1 aromatic heterocycles. The molecular formula is C15H16Cl2N4OS. The van der Waals surface area contributed by atoms with E-state index in [1.807, 2.05) is 11.6 Å². The van der Waals surface area contributed by atoms with Crippen molar-refractivity contribution in [1.82, 2.24) is 10.3 Å². The second-order valence-corrected chi connectivity index (χ2v) is 6.99. The van der Waals surface area contributed by atoms with Crippen molar-refractivity contribution in [3.8, 4) is 0 Å². The van der Waals surface area contributed by atoms with Gasteiger partial charge in [-0.3, -0.25) is 0 Å². The fourth-order valence-corrected chi connectivity index (χ4v) is 3.51. The van der Waals surface area contributed by atoms with Gasteiger partial charge in [-0.15, -0.1) is 11.3 Å². The molecule has 0 saturated carbocycles. The van der Waals surface area contributed by atoms with Gasteiger partial charge >= 0.3 is 6.03 Å². The molecule has 2 aromatic rings. The number of urea groups is 1. The Kier molecular flexibility index (Phi) is 5.25. The third-order valence-electron chi connectivity index (χ3n) is 3.70. The van der Waals surface area contributed by atoms with Crippen LogP contribution in [0.4, 0.5) is 15.6 Å². The highest BCUT2D eigenvalue weighted by Crippen LogP contribution is 2.25. The maximum Gasteiger partial charge on any atom is 0.319 e. The topological polar surface area (TPSA) is 57.3 Å². The number of hydrogen-bond donors (Lipinski definition) is 2. The van der Waals surface area contributed by atoms with Crippen molar-refractivity contribution >= 4 is 51.4 Å². The number of hydrogen-bond acceptors (Lipinski definition) is 4. The first-order valence-electron chi connectivity index (χ1n) is 7.29. The number of benzene rings is 1. The third kappa shape index (κ3) is 4.28. The summed E-state index contributed by atoms with van der Waals surface area (Å²) in [5.41, 5.74) is 0.622. The highest BCUT2D eigenvalue weighted by Gasteiger charge is 2.22. The zero-order valence-electron chi connectivity index (χ0n) is 12.3. The van der Waals surface area contributed by atoms with Crippen molar-refractivity contribution in [2.24, 2.45) is 0 Å². The van der Waals surface area contributed by atoms with Crippen molar-refractivity contribution in [2.45, 2.75) is 18.9 Å². The van der Waals surface area contributed by atoms with Crippen molar-refractivity contribution < 1.29 is 4.79 Å². The molecule has 23 heavy (non-hydrogen) atoms. The number of piperidine rings is 1. The molecule has 0 unspecified atom stereocenters. The molecule has 0 spiro atoms. The van der Waals surface area contributed by atoms with Crippen LogP contribution in [0.25, 0.3) is 0 Å². The van der Waals surface area contributed by atoms with Crippen molar-refractivity contribution in [3.05, 3.63) is 39.8 Å². The number of rotatable bonds is 3. The Hall–Kier alpha value is -1.50. The van der Waals surface area contributed by atoms with Gasteiger partial charge in [0.05, 0.1) is 10.0 Å². The number of thiazole rings is 1. The van der Waals surface area contributed by atoms with E-state index in [9.17, 15) is 4.79 Å². The van der Waals surface area contributed by atoms with Crippen LogP contribution in [0.3, 0.4) is 0 Å². The molecule has 0 atom stereocenters. The molecule has 1 saturated heterocycles. The minimum atomic E-state index is -0.226. The predicted octanol–water partition coefficient (Wildman–Crippen LogP) is 4.24. The summed E-state index contributed by atoms with van der Waals surface area (Å²) >= 11 is 13.4. The van der Waals surface area contributed by atoms with Crippen LogP contribution in [0.5, 0.6) is 0 Å². The number of anilines is 2. The van der Waals surface area contributed by atoms with Crippen LogP contribution in [0.2, 0.25) is 10.0 Å². The second kappa shape index (κ2) is 7.38. The SMILES string of the molecule is O=C(Nc1ccc(Cl)c(Cl)c1)NC1CCN(c2nccs2)CC1. The molecule has 0 radical (unpaired) electrons. The van der Waals surface area contributed by atoms with Crippen LogP contribution in [0.15, 0.2) is 29.8 Å². The van der Waals surface area contributed by atoms with E-state index in [0.717, 1.165) is 31.1 Å². The maximum absolute atomic E-state index is 12.1. The van der Waals surface area contributed by atoms with Gasteiger partial charge in [0.25, 0.3) is 0 Å². The summed E-state index contributed by atoms with van der Waals surface area (Å²) in [6.45, 7) is 1.79. The van der Waals surface area contributed by atoms with Crippen LogP contribution in [-0.4, -0.2) is 30.1 Å². The summed E-state index contributed by atoms with van der Waals surface area (Å²) in [5, 5.41) is 9.68. The number of amides is 2. The molecule has 0 aliphatic carbocycles. The van der Waals surface area contributed by atoms with E-state index in [4.69, 9.17) is 23.2 Å². The van der Waals surface area contributed by atoms with Gasteiger partial charge in [-0.2, -0.15) is 0 Å². The molecule has 3 rings (SSSR count). The molecule has 122 valence electrons. The molecule has 2 amide bonds. The van der Waals surface area contributed by atoms with Gasteiger partial charge in [0.15, 0.2) is 5.13 Å². The van der Waals surface area contributed by atoms with Gasteiger partial charge in [0, 0.05) is 36.4 Å². The number of carbonyl (C=O) groups excluding carboxylic acids is 1. The van der Waals surface area contributed by atoms with E-state index in [1.165, 1.54) is 0 Å². The van der Waals surface area contributed by atoms with Crippen LogP contribution in [-0.2, 0) is 0 Å². The summed E-state index contributed by atoms with van der Waals surface area (Å²) in [4.78, 5) is 18.6. The largest absolute Gasteiger partial charge is 0.348 e. The van der Waals surface area contributed by atoms with Gasteiger partial charge in [-0.05, 0) is 31.0 Å². The van der Waals surface area contributed by atoms with Gasteiger partial charge < -0.3 is 15.5 Å². The lowest BCUT2D eigenvalue weighted by molar-refractivity contribution is 0.246. The normalized spacial score (nSPS) is 15.5. The van der Waals surface area contributed by atoms with Crippen molar-refractivity contribution in [3.63, 3.8) is 0 Å². The molecular weight excluding hydrogens is 355 g/mol. The average molecular weight is 371 g/mol. The molecule has 8 heteroatoms. The van der Waals surface area contributed by atoms with Gasteiger partial charge in [-0.25, -0.2) is 9.78 Å². The minimum Gasteiger partial charge on any atom is -0.348 e.